The Balaban J connectivity index is 2.12. The van der Waals surface area contributed by atoms with Gasteiger partial charge in [-0.15, -0.1) is 0 Å². The van der Waals surface area contributed by atoms with E-state index in [9.17, 15) is 8.42 Å². The van der Waals surface area contributed by atoms with Crippen molar-refractivity contribution < 1.29 is 13.2 Å². The molecule has 4 nitrogen and oxygen atoms in total. The Kier molecular flexibility index (Phi) is 4.42. The van der Waals surface area contributed by atoms with Gasteiger partial charge < -0.3 is 4.74 Å². The first kappa shape index (κ1) is 14.0. The highest BCUT2D eigenvalue weighted by atomic mass is 79.9. The highest BCUT2D eigenvalue weighted by molar-refractivity contribution is 9.10. The van der Waals surface area contributed by atoms with Crippen LogP contribution in [0, 0.1) is 12.8 Å². The minimum absolute atomic E-state index is 0.284. The lowest BCUT2D eigenvalue weighted by Crippen LogP contribution is -2.30. The molecule has 1 unspecified atom stereocenters. The third kappa shape index (κ3) is 3.32. The molecule has 0 radical (unpaired) electrons. The van der Waals surface area contributed by atoms with Crippen LogP contribution in [0.2, 0.25) is 0 Å². The predicted octanol–water partition coefficient (Wildman–Crippen LogP) is 2.07. The summed E-state index contributed by atoms with van der Waals surface area (Å²) in [4.78, 5) is 0.329. The van der Waals surface area contributed by atoms with Gasteiger partial charge in [0.25, 0.3) is 0 Å². The second-order valence-electron chi connectivity index (χ2n) is 4.49. The Hall–Kier alpha value is -0.430. The molecule has 0 amide bonds. The smallest absolute Gasteiger partial charge is 0.240 e. The maximum atomic E-state index is 12.2. The van der Waals surface area contributed by atoms with Crippen LogP contribution in [0.3, 0.4) is 0 Å². The molecule has 1 aromatic rings. The van der Waals surface area contributed by atoms with Crippen molar-refractivity contribution in [3.05, 3.63) is 28.2 Å². The van der Waals surface area contributed by atoms with Crippen LogP contribution in [-0.4, -0.2) is 28.2 Å². The van der Waals surface area contributed by atoms with Crippen LogP contribution in [0.15, 0.2) is 27.6 Å². The Morgan fingerprint density at radius 1 is 1.50 bits per heavy atom. The van der Waals surface area contributed by atoms with Crippen molar-refractivity contribution in [2.24, 2.45) is 5.92 Å². The number of benzene rings is 1. The maximum absolute atomic E-state index is 12.2. The van der Waals surface area contributed by atoms with Gasteiger partial charge in [0.2, 0.25) is 10.0 Å². The van der Waals surface area contributed by atoms with Crippen molar-refractivity contribution >= 4 is 26.0 Å². The minimum atomic E-state index is -3.44. The fraction of sp³-hybridized carbons (Fsp3) is 0.500. The second kappa shape index (κ2) is 5.69. The zero-order valence-electron chi connectivity index (χ0n) is 10.1. The van der Waals surface area contributed by atoms with Crippen LogP contribution >= 0.6 is 15.9 Å². The molecule has 18 heavy (non-hydrogen) atoms. The average Bonchev–Trinajstić information content (AvgIpc) is 2.83. The fourth-order valence-electron chi connectivity index (χ4n) is 1.91. The summed E-state index contributed by atoms with van der Waals surface area (Å²) in [6.45, 7) is 3.59. The molecule has 0 aliphatic carbocycles. The fourth-order valence-corrected chi connectivity index (χ4v) is 3.81. The van der Waals surface area contributed by atoms with Crippen molar-refractivity contribution in [2.75, 3.05) is 19.8 Å². The highest BCUT2D eigenvalue weighted by Gasteiger charge is 2.21. The quantitative estimate of drug-likeness (QED) is 0.917. The Bertz CT molecular complexity index is 524. The van der Waals surface area contributed by atoms with Gasteiger partial charge in [0, 0.05) is 17.6 Å². The largest absolute Gasteiger partial charge is 0.381 e. The predicted molar refractivity (Wildman–Crippen MR) is 73.0 cm³/mol. The highest BCUT2D eigenvalue weighted by Crippen LogP contribution is 2.21. The first-order valence-corrected chi connectivity index (χ1v) is 8.10. The van der Waals surface area contributed by atoms with Crippen molar-refractivity contribution in [1.82, 2.24) is 4.72 Å². The zero-order valence-corrected chi connectivity index (χ0v) is 12.6. The molecule has 0 aromatic heterocycles. The molecule has 1 saturated heterocycles. The lowest BCUT2D eigenvalue weighted by Gasteiger charge is -2.12. The molecule has 6 heteroatoms. The van der Waals surface area contributed by atoms with Crippen LogP contribution < -0.4 is 4.72 Å². The van der Waals surface area contributed by atoms with E-state index in [0.29, 0.717) is 18.0 Å². The van der Waals surface area contributed by atoms with Gasteiger partial charge in [0.1, 0.15) is 0 Å². The van der Waals surface area contributed by atoms with Crippen LogP contribution in [-0.2, 0) is 14.8 Å². The minimum Gasteiger partial charge on any atom is -0.381 e. The summed E-state index contributed by atoms with van der Waals surface area (Å²) in [7, 11) is -3.44. The summed E-state index contributed by atoms with van der Waals surface area (Å²) in [6, 6.07) is 5.25. The third-order valence-electron chi connectivity index (χ3n) is 3.03. The maximum Gasteiger partial charge on any atom is 0.240 e. The van der Waals surface area contributed by atoms with Gasteiger partial charge in [-0.05, 0) is 37.0 Å². The number of aryl methyl sites for hydroxylation is 1. The van der Waals surface area contributed by atoms with E-state index in [2.05, 4.69) is 20.7 Å². The Morgan fingerprint density at radius 3 is 2.94 bits per heavy atom. The summed E-state index contributed by atoms with van der Waals surface area (Å²) < 4.78 is 33.0. The van der Waals surface area contributed by atoms with Crippen LogP contribution in [0.4, 0.5) is 0 Å². The number of rotatable bonds is 4. The van der Waals surface area contributed by atoms with Crippen molar-refractivity contribution in [3.8, 4) is 0 Å². The SMILES string of the molecule is Cc1ccc(Br)cc1S(=O)(=O)NCC1CCOC1. The van der Waals surface area contributed by atoms with Gasteiger partial charge in [-0.25, -0.2) is 13.1 Å². The summed E-state index contributed by atoms with van der Waals surface area (Å²) in [5.74, 6) is 0.284. The lowest BCUT2D eigenvalue weighted by molar-refractivity contribution is 0.186. The monoisotopic (exact) mass is 333 g/mol. The molecular formula is C12H16BrNO3S. The molecule has 0 spiro atoms. The van der Waals surface area contributed by atoms with E-state index >= 15 is 0 Å². The van der Waals surface area contributed by atoms with Crippen LogP contribution in [0.1, 0.15) is 12.0 Å². The first-order valence-electron chi connectivity index (χ1n) is 5.82. The zero-order chi connectivity index (χ0) is 13.2. The van der Waals surface area contributed by atoms with Gasteiger partial charge in [0.05, 0.1) is 11.5 Å². The Labute approximate surface area is 116 Å². The van der Waals surface area contributed by atoms with Crippen molar-refractivity contribution in [3.63, 3.8) is 0 Å². The molecule has 1 heterocycles. The molecule has 2 rings (SSSR count). The first-order chi connectivity index (χ1) is 8.49. The van der Waals surface area contributed by atoms with E-state index in [-0.39, 0.29) is 5.92 Å². The summed E-state index contributed by atoms with van der Waals surface area (Å²) >= 11 is 3.29. The molecule has 1 fully saturated rings. The number of sulfonamides is 1. The van der Waals surface area contributed by atoms with Crippen molar-refractivity contribution in [2.45, 2.75) is 18.2 Å². The number of hydrogen-bond acceptors (Lipinski definition) is 3. The third-order valence-corrected chi connectivity index (χ3v) is 5.08. The molecule has 1 aromatic carbocycles. The van der Waals surface area contributed by atoms with Gasteiger partial charge >= 0.3 is 0 Å². The van der Waals surface area contributed by atoms with E-state index < -0.39 is 10.0 Å². The van der Waals surface area contributed by atoms with E-state index in [0.717, 1.165) is 23.1 Å². The van der Waals surface area contributed by atoms with Gasteiger partial charge in [-0.3, -0.25) is 0 Å². The molecule has 1 N–H and O–H groups in total. The number of hydrogen-bond donors (Lipinski definition) is 1. The molecule has 100 valence electrons. The second-order valence-corrected chi connectivity index (χ2v) is 7.14. The normalized spacial score (nSPS) is 20.2. The van der Waals surface area contributed by atoms with E-state index in [1.165, 1.54) is 0 Å². The van der Waals surface area contributed by atoms with E-state index in [4.69, 9.17) is 4.74 Å². The number of halogens is 1. The topological polar surface area (TPSA) is 55.4 Å². The lowest BCUT2D eigenvalue weighted by atomic mass is 10.1. The standard InChI is InChI=1S/C12H16BrNO3S/c1-9-2-3-11(13)6-12(9)18(15,16)14-7-10-4-5-17-8-10/h2-3,6,10,14H,4-5,7-8H2,1H3. The molecule has 0 saturated carbocycles. The molecule has 1 atom stereocenters. The van der Waals surface area contributed by atoms with E-state index in [1.807, 2.05) is 6.07 Å². The average molecular weight is 334 g/mol. The molecule has 0 bridgehead atoms. The molecular weight excluding hydrogens is 318 g/mol. The van der Waals surface area contributed by atoms with Crippen molar-refractivity contribution in [1.29, 1.82) is 0 Å². The van der Waals surface area contributed by atoms with Gasteiger partial charge in [-0.1, -0.05) is 22.0 Å². The number of ether oxygens (including phenoxy) is 1. The summed E-state index contributed by atoms with van der Waals surface area (Å²) in [6.07, 6.45) is 0.917. The summed E-state index contributed by atoms with van der Waals surface area (Å²) in [5, 5.41) is 0. The van der Waals surface area contributed by atoms with Crippen LogP contribution in [0.25, 0.3) is 0 Å². The summed E-state index contributed by atoms with van der Waals surface area (Å²) in [5.41, 5.74) is 0.744. The molecule has 1 aliphatic rings. The van der Waals surface area contributed by atoms with Crippen LogP contribution in [0.5, 0.6) is 0 Å². The van der Waals surface area contributed by atoms with Gasteiger partial charge in [-0.2, -0.15) is 0 Å². The van der Waals surface area contributed by atoms with E-state index in [1.54, 1.807) is 19.1 Å². The number of nitrogens with one attached hydrogen (secondary N) is 1. The molecule has 1 aliphatic heterocycles. The Morgan fingerprint density at radius 2 is 2.28 bits per heavy atom. The van der Waals surface area contributed by atoms with Gasteiger partial charge in [0.15, 0.2) is 0 Å².